The van der Waals surface area contributed by atoms with Crippen LogP contribution in [-0.4, -0.2) is 40.8 Å². The molecular formula is C19H22N2O5S. The summed E-state index contributed by atoms with van der Waals surface area (Å²) in [5.74, 6) is 1.25. The van der Waals surface area contributed by atoms with E-state index in [9.17, 15) is 13.2 Å². The number of nitrogens with zero attached hydrogens (tertiary/aromatic N) is 1. The van der Waals surface area contributed by atoms with Gasteiger partial charge in [0, 0.05) is 24.2 Å². The summed E-state index contributed by atoms with van der Waals surface area (Å²) in [5.41, 5.74) is 1.83. The maximum Gasteiger partial charge on any atom is 0.251 e. The number of carbonyl (C=O) groups excluding carboxylic acids is 1. The average Bonchev–Trinajstić information content (AvgIpc) is 3.04. The highest BCUT2D eigenvalue weighted by Crippen LogP contribution is 2.25. The fourth-order valence-corrected chi connectivity index (χ4v) is 4.57. The number of carbonyl (C=O) groups is 1. The van der Waals surface area contributed by atoms with Crippen LogP contribution in [0, 0.1) is 0 Å². The van der Waals surface area contributed by atoms with Gasteiger partial charge in [-0.2, -0.15) is 0 Å². The van der Waals surface area contributed by atoms with Crippen molar-refractivity contribution in [3.63, 3.8) is 0 Å². The van der Waals surface area contributed by atoms with Gasteiger partial charge in [0.25, 0.3) is 5.91 Å². The minimum atomic E-state index is -3.23. The SMILES string of the molecule is COc1ccc(OC)c(CNC(=O)c2ccc(N3CCCS3(=O)=O)cc2)c1. The quantitative estimate of drug-likeness (QED) is 0.817. The number of ether oxygens (including phenoxy) is 2. The molecule has 1 aliphatic heterocycles. The highest BCUT2D eigenvalue weighted by atomic mass is 32.2. The maximum absolute atomic E-state index is 12.4. The molecule has 0 saturated carbocycles. The molecule has 0 unspecified atom stereocenters. The maximum atomic E-state index is 12.4. The van der Waals surface area contributed by atoms with Gasteiger partial charge in [-0.05, 0) is 48.9 Å². The molecule has 27 heavy (non-hydrogen) atoms. The van der Waals surface area contributed by atoms with Crippen LogP contribution in [0.1, 0.15) is 22.3 Å². The average molecular weight is 390 g/mol. The molecule has 1 aliphatic rings. The lowest BCUT2D eigenvalue weighted by Crippen LogP contribution is -2.25. The smallest absolute Gasteiger partial charge is 0.251 e. The Hall–Kier alpha value is -2.74. The Morgan fingerprint density at radius 2 is 1.85 bits per heavy atom. The van der Waals surface area contributed by atoms with Crippen LogP contribution < -0.4 is 19.1 Å². The first-order valence-electron chi connectivity index (χ1n) is 8.54. The third-order valence-corrected chi connectivity index (χ3v) is 6.31. The van der Waals surface area contributed by atoms with E-state index in [1.807, 2.05) is 0 Å². The van der Waals surface area contributed by atoms with Crippen molar-refractivity contribution in [3.05, 3.63) is 53.6 Å². The van der Waals surface area contributed by atoms with Crippen molar-refractivity contribution < 1.29 is 22.7 Å². The molecular weight excluding hydrogens is 368 g/mol. The Morgan fingerprint density at radius 3 is 2.44 bits per heavy atom. The van der Waals surface area contributed by atoms with Crippen molar-refractivity contribution in [3.8, 4) is 11.5 Å². The van der Waals surface area contributed by atoms with Crippen molar-refractivity contribution in [2.45, 2.75) is 13.0 Å². The van der Waals surface area contributed by atoms with Crippen molar-refractivity contribution in [1.29, 1.82) is 0 Å². The van der Waals surface area contributed by atoms with Crippen LogP contribution in [0.3, 0.4) is 0 Å². The number of nitrogens with one attached hydrogen (secondary N) is 1. The van der Waals surface area contributed by atoms with Gasteiger partial charge in [0.05, 0.1) is 25.7 Å². The van der Waals surface area contributed by atoms with Crippen LogP contribution in [0.2, 0.25) is 0 Å². The van der Waals surface area contributed by atoms with Crippen LogP contribution in [0.15, 0.2) is 42.5 Å². The van der Waals surface area contributed by atoms with E-state index >= 15 is 0 Å². The molecule has 1 saturated heterocycles. The Labute approximate surface area is 158 Å². The van der Waals surface area contributed by atoms with Crippen LogP contribution in [-0.2, 0) is 16.6 Å². The number of sulfonamides is 1. The lowest BCUT2D eigenvalue weighted by molar-refractivity contribution is 0.0950. The van der Waals surface area contributed by atoms with Crippen LogP contribution >= 0.6 is 0 Å². The third kappa shape index (κ3) is 4.16. The number of amides is 1. The minimum Gasteiger partial charge on any atom is -0.497 e. The van der Waals surface area contributed by atoms with Gasteiger partial charge in [-0.25, -0.2) is 8.42 Å². The predicted molar refractivity (Wildman–Crippen MR) is 103 cm³/mol. The van der Waals surface area contributed by atoms with Gasteiger partial charge >= 0.3 is 0 Å². The topological polar surface area (TPSA) is 84.9 Å². The zero-order chi connectivity index (χ0) is 19.4. The number of methoxy groups -OCH3 is 2. The summed E-state index contributed by atoms with van der Waals surface area (Å²) in [6, 6.07) is 11.9. The zero-order valence-corrected chi connectivity index (χ0v) is 16.1. The van der Waals surface area contributed by atoms with E-state index in [-0.39, 0.29) is 18.2 Å². The first-order chi connectivity index (χ1) is 12.9. The van der Waals surface area contributed by atoms with Gasteiger partial charge < -0.3 is 14.8 Å². The van der Waals surface area contributed by atoms with Crippen molar-refractivity contribution >= 4 is 21.6 Å². The lowest BCUT2D eigenvalue weighted by Gasteiger charge is -2.17. The molecule has 1 N–H and O–H groups in total. The Bertz CT molecular complexity index is 926. The molecule has 0 radical (unpaired) electrons. The lowest BCUT2D eigenvalue weighted by atomic mass is 10.1. The van der Waals surface area contributed by atoms with Crippen molar-refractivity contribution in [1.82, 2.24) is 5.32 Å². The summed E-state index contributed by atoms with van der Waals surface area (Å²) in [4.78, 5) is 12.4. The highest BCUT2D eigenvalue weighted by Gasteiger charge is 2.28. The van der Waals surface area contributed by atoms with Crippen molar-refractivity contribution in [2.75, 3.05) is 30.8 Å². The molecule has 8 heteroatoms. The molecule has 0 atom stereocenters. The standard InChI is InChI=1S/C19H22N2O5S/c1-25-17-8-9-18(26-2)15(12-17)13-20-19(22)14-4-6-16(7-5-14)21-10-3-11-27(21,23)24/h4-9,12H,3,10-11,13H2,1-2H3,(H,20,22). The summed E-state index contributed by atoms with van der Waals surface area (Å²) in [6.45, 7) is 0.755. The second-order valence-electron chi connectivity index (χ2n) is 6.15. The van der Waals surface area contributed by atoms with E-state index in [1.165, 1.54) is 4.31 Å². The van der Waals surface area contributed by atoms with E-state index in [4.69, 9.17) is 9.47 Å². The number of rotatable bonds is 6. The van der Waals surface area contributed by atoms with Gasteiger partial charge in [-0.1, -0.05) is 0 Å². The van der Waals surface area contributed by atoms with Gasteiger partial charge in [0.1, 0.15) is 11.5 Å². The second-order valence-corrected chi connectivity index (χ2v) is 8.16. The molecule has 144 valence electrons. The van der Waals surface area contributed by atoms with Crippen LogP contribution in [0.4, 0.5) is 5.69 Å². The Morgan fingerprint density at radius 1 is 1.11 bits per heavy atom. The zero-order valence-electron chi connectivity index (χ0n) is 15.3. The molecule has 0 bridgehead atoms. The van der Waals surface area contributed by atoms with Crippen LogP contribution in [0.25, 0.3) is 0 Å². The van der Waals surface area contributed by atoms with E-state index in [0.717, 1.165) is 5.56 Å². The summed E-state index contributed by atoms with van der Waals surface area (Å²) in [5, 5.41) is 2.84. The van der Waals surface area contributed by atoms with Crippen LogP contribution in [0.5, 0.6) is 11.5 Å². The monoisotopic (exact) mass is 390 g/mol. The summed E-state index contributed by atoms with van der Waals surface area (Å²) < 4.78 is 35.8. The molecule has 0 aromatic heterocycles. The molecule has 1 heterocycles. The van der Waals surface area contributed by atoms with Gasteiger partial charge in [0.15, 0.2) is 0 Å². The molecule has 2 aromatic carbocycles. The molecule has 0 aliphatic carbocycles. The second kappa shape index (κ2) is 7.87. The highest BCUT2D eigenvalue weighted by molar-refractivity contribution is 7.93. The fourth-order valence-electron chi connectivity index (χ4n) is 3.01. The van der Waals surface area contributed by atoms with E-state index in [0.29, 0.717) is 35.7 Å². The molecule has 7 nitrogen and oxygen atoms in total. The Kier molecular flexibility index (Phi) is 5.55. The molecule has 3 rings (SSSR count). The third-order valence-electron chi connectivity index (χ3n) is 4.44. The molecule has 0 spiro atoms. The minimum absolute atomic E-state index is 0.164. The predicted octanol–water partition coefficient (Wildman–Crippen LogP) is 2.17. The molecule has 1 amide bonds. The van der Waals surface area contributed by atoms with E-state index in [2.05, 4.69) is 5.32 Å². The first-order valence-corrected chi connectivity index (χ1v) is 10.1. The summed E-state index contributed by atoms with van der Waals surface area (Å²) in [6.07, 6.45) is 0.618. The number of anilines is 1. The van der Waals surface area contributed by atoms with Crippen molar-refractivity contribution in [2.24, 2.45) is 0 Å². The number of hydrogen-bond donors (Lipinski definition) is 1. The fraction of sp³-hybridized carbons (Fsp3) is 0.316. The molecule has 2 aromatic rings. The van der Waals surface area contributed by atoms with E-state index in [1.54, 1.807) is 56.7 Å². The summed E-state index contributed by atoms with van der Waals surface area (Å²) in [7, 11) is -0.0834. The van der Waals surface area contributed by atoms with Gasteiger partial charge in [0.2, 0.25) is 10.0 Å². The number of hydrogen-bond acceptors (Lipinski definition) is 5. The largest absolute Gasteiger partial charge is 0.497 e. The first kappa shape index (κ1) is 19.0. The molecule has 1 fully saturated rings. The normalized spacial score (nSPS) is 15.4. The van der Waals surface area contributed by atoms with Gasteiger partial charge in [-0.3, -0.25) is 9.10 Å². The van der Waals surface area contributed by atoms with E-state index < -0.39 is 10.0 Å². The van der Waals surface area contributed by atoms with Gasteiger partial charge in [-0.15, -0.1) is 0 Å². The summed E-state index contributed by atoms with van der Waals surface area (Å²) >= 11 is 0. The Balaban J connectivity index is 1.68. The number of benzene rings is 2.